The van der Waals surface area contributed by atoms with Gasteiger partial charge in [0.25, 0.3) is 10.0 Å². The van der Waals surface area contributed by atoms with E-state index < -0.39 is 10.0 Å². The summed E-state index contributed by atoms with van der Waals surface area (Å²) in [6.45, 7) is 4.02. The number of nitrogens with zero attached hydrogens (tertiary/aromatic N) is 1. The second-order valence-corrected chi connectivity index (χ2v) is 8.44. The zero-order valence-corrected chi connectivity index (χ0v) is 16.5. The molecule has 5 heteroatoms. The normalized spacial score (nSPS) is 11.5. The van der Waals surface area contributed by atoms with E-state index in [1.807, 2.05) is 62.4 Å². The van der Waals surface area contributed by atoms with Crippen LogP contribution in [0.1, 0.15) is 11.1 Å². The number of nitrogens with one attached hydrogen (secondary N) is 1. The van der Waals surface area contributed by atoms with Crippen molar-refractivity contribution in [3.05, 3.63) is 90.0 Å². The maximum atomic E-state index is 12.9. The van der Waals surface area contributed by atoms with E-state index in [2.05, 4.69) is 9.71 Å². The Morgan fingerprint density at radius 2 is 1.43 bits per heavy atom. The van der Waals surface area contributed by atoms with Gasteiger partial charge in [0, 0.05) is 10.9 Å². The highest BCUT2D eigenvalue weighted by Gasteiger charge is 2.20. The SMILES string of the molecule is Cc1ccc(-c2c(NS(=O)(=O)c3ccccc3)nc3ccccc3c2C)cc1. The van der Waals surface area contributed by atoms with Crippen molar-refractivity contribution >= 4 is 26.7 Å². The predicted molar refractivity (Wildman–Crippen MR) is 114 cm³/mol. The average Bonchev–Trinajstić information content (AvgIpc) is 2.70. The Kier molecular flexibility index (Phi) is 4.61. The summed E-state index contributed by atoms with van der Waals surface area (Å²) in [6, 6.07) is 24.1. The lowest BCUT2D eigenvalue weighted by Gasteiger charge is -2.17. The van der Waals surface area contributed by atoms with Gasteiger partial charge in [-0.2, -0.15) is 0 Å². The van der Waals surface area contributed by atoms with Crippen LogP contribution in [-0.4, -0.2) is 13.4 Å². The van der Waals surface area contributed by atoms with Crippen molar-refractivity contribution in [2.75, 3.05) is 4.72 Å². The van der Waals surface area contributed by atoms with Crippen molar-refractivity contribution < 1.29 is 8.42 Å². The van der Waals surface area contributed by atoms with Crippen molar-refractivity contribution in [3.63, 3.8) is 0 Å². The molecule has 140 valence electrons. The van der Waals surface area contributed by atoms with E-state index in [0.29, 0.717) is 5.82 Å². The second kappa shape index (κ2) is 7.09. The van der Waals surface area contributed by atoms with Crippen molar-refractivity contribution in [2.45, 2.75) is 18.7 Å². The molecule has 3 aromatic carbocycles. The minimum absolute atomic E-state index is 0.206. The molecule has 1 heterocycles. The molecule has 1 N–H and O–H groups in total. The summed E-state index contributed by atoms with van der Waals surface area (Å²) < 4.78 is 28.6. The summed E-state index contributed by atoms with van der Waals surface area (Å²) in [5.74, 6) is 0.337. The molecule has 0 bridgehead atoms. The largest absolute Gasteiger partial charge is 0.263 e. The number of aromatic nitrogens is 1. The monoisotopic (exact) mass is 388 g/mol. The van der Waals surface area contributed by atoms with Crippen LogP contribution in [-0.2, 0) is 10.0 Å². The first kappa shape index (κ1) is 18.2. The second-order valence-electron chi connectivity index (χ2n) is 6.76. The highest BCUT2D eigenvalue weighted by atomic mass is 32.2. The van der Waals surface area contributed by atoms with Crippen LogP contribution < -0.4 is 4.72 Å². The zero-order valence-electron chi connectivity index (χ0n) is 15.7. The Bertz CT molecular complexity index is 1250. The minimum atomic E-state index is -3.75. The van der Waals surface area contributed by atoms with E-state index in [1.165, 1.54) is 0 Å². The van der Waals surface area contributed by atoms with Crippen LogP contribution in [0, 0.1) is 13.8 Å². The number of hydrogen-bond acceptors (Lipinski definition) is 3. The lowest BCUT2D eigenvalue weighted by atomic mass is 9.97. The topological polar surface area (TPSA) is 59.1 Å². The number of pyridine rings is 1. The van der Waals surface area contributed by atoms with Gasteiger partial charge in [-0.15, -0.1) is 0 Å². The Balaban J connectivity index is 1.94. The fourth-order valence-corrected chi connectivity index (χ4v) is 4.35. The number of para-hydroxylation sites is 1. The van der Waals surface area contributed by atoms with Crippen LogP contribution in [0.3, 0.4) is 0 Å². The fourth-order valence-electron chi connectivity index (χ4n) is 3.31. The van der Waals surface area contributed by atoms with Crippen molar-refractivity contribution in [3.8, 4) is 11.1 Å². The molecule has 0 aliphatic rings. The summed E-state index contributed by atoms with van der Waals surface area (Å²) >= 11 is 0. The van der Waals surface area contributed by atoms with Crippen LogP contribution in [0.15, 0.2) is 83.8 Å². The quantitative estimate of drug-likeness (QED) is 0.515. The summed E-state index contributed by atoms with van der Waals surface area (Å²) in [5.41, 5.74) is 4.59. The van der Waals surface area contributed by atoms with E-state index in [4.69, 9.17) is 0 Å². The molecule has 28 heavy (non-hydrogen) atoms. The third-order valence-corrected chi connectivity index (χ3v) is 6.13. The van der Waals surface area contributed by atoms with Crippen molar-refractivity contribution in [2.24, 2.45) is 0 Å². The van der Waals surface area contributed by atoms with Gasteiger partial charge in [-0.1, -0.05) is 66.2 Å². The van der Waals surface area contributed by atoms with Gasteiger partial charge in [0.05, 0.1) is 10.4 Å². The molecular weight excluding hydrogens is 368 g/mol. The summed E-state index contributed by atoms with van der Waals surface area (Å²) in [7, 11) is -3.75. The standard InChI is InChI=1S/C23H20N2O2S/c1-16-12-14-18(15-13-16)22-17(2)20-10-6-7-11-21(20)24-23(22)25-28(26,27)19-8-4-3-5-9-19/h3-15H,1-2H3,(H,24,25). The first-order chi connectivity index (χ1) is 13.5. The number of aryl methyl sites for hydroxylation is 2. The molecule has 0 saturated heterocycles. The number of fused-ring (bicyclic) bond motifs is 1. The number of sulfonamides is 1. The lowest BCUT2D eigenvalue weighted by Crippen LogP contribution is -2.15. The Morgan fingerprint density at radius 3 is 2.14 bits per heavy atom. The lowest BCUT2D eigenvalue weighted by molar-refractivity contribution is 0.601. The molecule has 1 aromatic heterocycles. The number of anilines is 1. The molecule has 0 atom stereocenters. The summed E-state index contributed by atoms with van der Waals surface area (Å²) in [4.78, 5) is 4.86. The van der Waals surface area contributed by atoms with Gasteiger partial charge in [0.15, 0.2) is 0 Å². The number of rotatable bonds is 4. The van der Waals surface area contributed by atoms with Gasteiger partial charge in [0.2, 0.25) is 0 Å². The van der Waals surface area contributed by atoms with Gasteiger partial charge in [-0.3, -0.25) is 4.72 Å². The highest BCUT2D eigenvalue weighted by Crippen LogP contribution is 2.35. The maximum Gasteiger partial charge on any atom is 0.263 e. The van der Waals surface area contributed by atoms with Crippen molar-refractivity contribution in [1.29, 1.82) is 0 Å². The first-order valence-corrected chi connectivity index (χ1v) is 10.5. The molecule has 0 aliphatic carbocycles. The van der Waals surface area contributed by atoms with Gasteiger partial charge >= 0.3 is 0 Å². The zero-order chi connectivity index (χ0) is 19.7. The third kappa shape index (κ3) is 3.37. The molecule has 0 fully saturated rings. The summed E-state index contributed by atoms with van der Waals surface area (Å²) in [5, 5.41) is 1.00. The van der Waals surface area contributed by atoms with Crippen LogP contribution >= 0.6 is 0 Å². The molecule has 0 saturated carbocycles. The van der Waals surface area contributed by atoms with E-state index in [1.54, 1.807) is 30.3 Å². The Labute approximate surface area is 164 Å². The number of hydrogen-bond donors (Lipinski definition) is 1. The van der Waals surface area contributed by atoms with Gasteiger partial charge in [-0.05, 0) is 43.2 Å². The van der Waals surface area contributed by atoms with E-state index in [-0.39, 0.29) is 4.90 Å². The van der Waals surface area contributed by atoms with Crippen LogP contribution in [0.5, 0.6) is 0 Å². The van der Waals surface area contributed by atoms with Gasteiger partial charge in [-0.25, -0.2) is 13.4 Å². The highest BCUT2D eigenvalue weighted by molar-refractivity contribution is 7.92. The molecule has 0 spiro atoms. The number of benzene rings is 3. The fraction of sp³-hybridized carbons (Fsp3) is 0.0870. The smallest absolute Gasteiger partial charge is 0.263 e. The Morgan fingerprint density at radius 1 is 0.786 bits per heavy atom. The van der Waals surface area contributed by atoms with E-state index in [9.17, 15) is 8.42 Å². The van der Waals surface area contributed by atoms with E-state index in [0.717, 1.165) is 33.2 Å². The molecule has 0 amide bonds. The molecule has 4 nitrogen and oxygen atoms in total. The first-order valence-electron chi connectivity index (χ1n) is 9.00. The third-order valence-electron chi connectivity index (χ3n) is 4.78. The maximum absolute atomic E-state index is 12.9. The minimum Gasteiger partial charge on any atom is -0.263 e. The van der Waals surface area contributed by atoms with Crippen molar-refractivity contribution in [1.82, 2.24) is 4.98 Å². The molecule has 4 rings (SSSR count). The molecular formula is C23H20N2O2S. The van der Waals surface area contributed by atoms with E-state index >= 15 is 0 Å². The average molecular weight is 388 g/mol. The molecule has 0 radical (unpaired) electrons. The van der Waals surface area contributed by atoms with Gasteiger partial charge < -0.3 is 0 Å². The van der Waals surface area contributed by atoms with Crippen LogP contribution in [0.25, 0.3) is 22.0 Å². The Hall–Kier alpha value is -3.18. The van der Waals surface area contributed by atoms with Crippen LogP contribution in [0.4, 0.5) is 5.82 Å². The molecule has 4 aromatic rings. The van der Waals surface area contributed by atoms with Crippen LogP contribution in [0.2, 0.25) is 0 Å². The molecule has 0 unspecified atom stereocenters. The predicted octanol–water partition coefficient (Wildman–Crippen LogP) is 5.32. The summed E-state index contributed by atoms with van der Waals surface area (Å²) in [6.07, 6.45) is 0. The van der Waals surface area contributed by atoms with Gasteiger partial charge in [0.1, 0.15) is 5.82 Å². The molecule has 0 aliphatic heterocycles.